The van der Waals surface area contributed by atoms with Crippen LogP contribution in [0.25, 0.3) is 0 Å². The second-order valence-corrected chi connectivity index (χ2v) is 5.80. The third-order valence-corrected chi connectivity index (χ3v) is 4.27. The van der Waals surface area contributed by atoms with Crippen LogP contribution >= 0.6 is 0 Å². The van der Waals surface area contributed by atoms with Crippen molar-refractivity contribution >= 4 is 5.97 Å². The van der Waals surface area contributed by atoms with E-state index in [-0.39, 0.29) is 11.5 Å². The lowest BCUT2D eigenvalue weighted by atomic mass is 9.83. The molecule has 2 bridgehead atoms. The van der Waals surface area contributed by atoms with Gasteiger partial charge in [0.1, 0.15) is 6.61 Å². The van der Waals surface area contributed by atoms with Crippen LogP contribution < -0.4 is 5.56 Å². The number of pyridine rings is 1. The molecule has 0 unspecified atom stereocenters. The number of rotatable bonds is 3. The largest absolute Gasteiger partial charge is 0.465 e. The van der Waals surface area contributed by atoms with Crippen molar-refractivity contribution in [1.82, 2.24) is 9.47 Å². The van der Waals surface area contributed by atoms with Gasteiger partial charge in [-0.15, -0.1) is 0 Å². The number of likely N-dealkylation sites (tertiary alicyclic amines) is 1. The molecule has 1 saturated heterocycles. The Bertz CT molecular complexity index is 566. The molecular weight excluding hydrogens is 256 g/mol. The summed E-state index contributed by atoms with van der Waals surface area (Å²) in [7, 11) is 0. The van der Waals surface area contributed by atoms with Gasteiger partial charge in [-0.05, 0) is 18.4 Å². The zero-order chi connectivity index (χ0) is 14.1. The Balaban J connectivity index is 1.70. The van der Waals surface area contributed by atoms with Gasteiger partial charge in [0, 0.05) is 50.8 Å². The number of aromatic nitrogens is 1. The Labute approximate surface area is 118 Å². The number of nitrogens with zero attached hydrogens (tertiary/aromatic N) is 2. The summed E-state index contributed by atoms with van der Waals surface area (Å²) in [5.74, 6) is 0.728. The van der Waals surface area contributed by atoms with Crippen LogP contribution in [0.15, 0.2) is 23.0 Å². The average molecular weight is 276 g/mol. The van der Waals surface area contributed by atoms with Gasteiger partial charge < -0.3 is 9.30 Å². The molecule has 5 heteroatoms. The minimum absolute atomic E-state index is 0.116. The topological polar surface area (TPSA) is 51.5 Å². The zero-order valence-electron chi connectivity index (χ0n) is 11.7. The molecule has 20 heavy (non-hydrogen) atoms. The second-order valence-electron chi connectivity index (χ2n) is 5.80. The summed E-state index contributed by atoms with van der Waals surface area (Å²) in [6, 6.07) is 5.56. The lowest BCUT2D eigenvalue weighted by Gasteiger charge is -2.42. The van der Waals surface area contributed by atoms with Crippen LogP contribution in [0.1, 0.15) is 25.0 Å². The molecule has 0 saturated carbocycles. The number of carbonyl (C=O) groups is 1. The van der Waals surface area contributed by atoms with E-state index in [2.05, 4.69) is 11.0 Å². The van der Waals surface area contributed by atoms with Crippen molar-refractivity contribution in [2.24, 2.45) is 5.92 Å². The first kappa shape index (κ1) is 13.4. The van der Waals surface area contributed by atoms with Gasteiger partial charge in [0.25, 0.3) is 5.56 Å². The Kier molecular flexibility index (Phi) is 3.61. The molecule has 1 fully saturated rings. The molecule has 0 aromatic carbocycles. The van der Waals surface area contributed by atoms with Crippen LogP contribution in [0.5, 0.6) is 0 Å². The van der Waals surface area contributed by atoms with Gasteiger partial charge in [0.05, 0.1) is 0 Å². The van der Waals surface area contributed by atoms with Crippen molar-refractivity contribution in [2.75, 3.05) is 26.2 Å². The Morgan fingerprint density at radius 3 is 3.00 bits per heavy atom. The van der Waals surface area contributed by atoms with Crippen LogP contribution in [0, 0.1) is 5.92 Å². The maximum absolute atomic E-state index is 11.9. The highest BCUT2D eigenvalue weighted by Crippen LogP contribution is 2.34. The van der Waals surface area contributed by atoms with Crippen LogP contribution in [0.4, 0.5) is 0 Å². The molecule has 0 amide bonds. The van der Waals surface area contributed by atoms with E-state index in [1.807, 2.05) is 10.6 Å². The lowest BCUT2D eigenvalue weighted by Crippen LogP contribution is -2.47. The number of hydrogen-bond donors (Lipinski definition) is 0. The fourth-order valence-electron chi connectivity index (χ4n) is 3.50. The van der Waals surface area contributed by atoms with Gasteiger partial charge in [-0.2, -0.15) is 0 Å². The van der Waals surface area contributed by atoms with Gasteiger partial charge in [-0.25, -0.2) is 0 Å². The monoisotopic (exact) mass is 276 g/mol. The van der Waals surface area contributed by atoms with Crippen LogP contribution in [0.2, 0.25) is 0 Å². The third kappa shape index (κ3) is 2.63. The van der Waals surface area contributed by atoms with E-state index in [1.165, 1.54) is 6.92 Å². The molecule has 1 aromatic rings. The van der Waals surface area contributed by atoms with Gasteiger partial charge in [-0.3, -0.25) is 14.5 Å². The molecule has 0 N–H and O–H groups in total. The van der Waals surface area contributed by atoms with Gasteiger partial charge in [0.15, 0.2) is 0 Å². The van der Waals surface area contributed by atoms with Gasteiger partial charge in [-0.1, -0.05) is 6.07 Å². The second kappa shape index (κ2) is 5.40. The fraction of sp³-hybridized carbons (Fsp3) is 0.600. The Morgan fingerprint density at radius 1 is 1.35 bits per heavy atom. The summed E-state index contributed by atoms with van der Waals surface area (Å²) in [6.07, 6.45) is 1.16. The quantitative estimate of drug-likeness (QED) is 0.767. The SMILES string of the molecule is CC(=O)OCCN1C[C@@H]2C[C@H](C1)c1cccc(=O)n1C2. The maximum Gasteiger partial charge on any atom is 0.302 e. The summed E-state index contributed by atoms with van der Waals surface area (Å²) in [6.45, 7) is 5.42. The molecule has 0 radical (unpaired) electrons. The molecule has 108 valence electrons. The highest BCUT2D eigenvalue weighted by Gasteiger charge is 2.34. The van der Waals surface area contributed by atoms with Gasteiger partial charge in [0.2, 0.25) is 0 Å². The van der Waals surface area contributed by atoms with E-state index in [0.717, 1.165) is 38.3 Å². The van der Waals surface area contributed by atoms with E-state index in [1.54, 1.807) is 6.07 Å². The molecule has 3 heterocycles. The molecule has 2 aliphatic rings. The third-order valence-electron chi connectivity index (χ3n) is 4.27. The minimum Gasteiger partial charge on any atom is -0.465 e. The Morgan fingerprint density at radius 2 is 2.20 bits per heavy atom. The number of fused-ring (bicyclic) bond motifs is 4. The first-order valence-electron chi connectivity index (χ1n) is 7.19. The highest BCUT2D eigenvalue weighted by molar-refractivity contribution is 5.65. The van der Waals surface area contributed by atoms with Crippen molar-refractivity contribution in [2.45, 2.75) is 25.8 Å². The van der Waals surface area contributed by atoms with E-state index in [0.29, 0.717) is 18.4 Å². The summed E-state index contributed by atoms with van der Waals surface area (Å²) in [5, 5.41) is 0. The van der Waals surface area contributed by atoms with Crippen molar-refractivity contribution in [1.29, 1.82) is 0 Å². The van der Waals surface area contributed by atoms with E-state index >= 15 is 0 Å². The predicted octanol–water partition coefficient (Wildman–Crippen LogP) is 0.831. The number of carbonyl (C=O) groups excluding carboxylic acids is 1. The molecule has 0 aliphatic carbocycles. The summed E-state index contributed by atoms with van der Waals surface area (Å²) >= 11 is 0. The number of hydrogen-bond acceptors (Lipinski definition) is 4. The Hall–Kier alpha value is -1.62. The number of esters is 1. The van der Waals surface area contributed by atoms with E-state index < -0.39 is 0 Å². The van der Waals surface area contributed by atoms with Crippen molar-refractivity contribution < 1.29 is 9.53 Å². The first-order valence-corrected chi connectivity index (χ1v) is 7.19. The smallest absolute Gasteiger partial charge is 0.302 e. The van der Waals surface area contributed by atoms with Crippen LogP contribution in [-0.2, 0) is 16.1 Å². The van der Waals surface area contributed by atoms with E-state index in [4.69, 9.17) is 4.74 Å². The summed E-state index contributed by atoms with van der Waals surface area (Å²) in [4.78, 5) is 25.1. The number of piperidine rings is 1. The zero-order valence-corrected chi connectivity index (χ0v) is 11.7. The molecule has 0 spiro atoms. The fourth-order valence-corrected chi connectivity index (χ4v) is 3.50. The van der Waals surface area contributed by atoms with Crippen LogP contribution in [-0.4, -0.2) is 41.7 Å². The molecule has 5 nitrogen and oxygen atoms in total. The van der Waals surface area contributed by atoms with Crippen molar-refractivity contribution in [3.63, 3.8) is 0 Å². The normalized spacial score (nSPS) is 25.1. The standard InChI is InChI=1S/C15H20N2O3/c1-11(18)20-6-5-16-8-12-7-13(10-16)14-3-2-4-15(19)17(14)9-12/h2-4,12-13H,5-10H2,1H3/t12-,13+/m0/s1. The summed E-state index contributed by atoms with van der Waals surface area (Å²) < 4.78 is 6.95. The van der Waals surface area contributed by atoms with Gasteiger partial charge >= 0.3 is 5.97 Å². The molecule has 3 rings (SSSR count). The first-order chi connectivity index (χ1) is 9.63. The molecule has 1 aromatic heterocycles. The van der Waals surface area contributed by atoms with Crippen molar-refractivity contribution in [3.8, 4) is 0 Å². The maximum atomic E-state index is 11.9. The highest BCUT2D eigenvalue weighted by atomic mass is 16.5. The average Bonchev–Trinajstić information content (AvgIpc) is 2.40. The lowest BCUT2D eigenvalue weighted by molar-refractivity contribution is -0.141. The predicted molar refractivity (Wildman–Crippen MR) is 74.6 cm³/mol. The minimum atomic E-state index is -0.223. The van der Waals surface area contributed by atoms with Crippen molar-refractivity contribution in [3.05, 3.63) is 34.2 Å². The van der Waals surface area contributed by atoms with E-state index in [9.17, 15) is 9.59 Å². The number of ether oxygens (including phenoxy) is 1. The molecule has 2 atom stereocenters. The molecule has 2 aliphatic heterocycles. The van der Waals surface area contributed by atoms with Crippen LogP contribution in [0.3, 0.4) is 0 Å². The summed E-state index contributed by atoms with van der Waals surface area (Å²) in [5.41, 5.74) is 1.27. The molecular formula is C15H20N2O3.